The third-order valence-corrected chi connectivity index (χ3v) is 4.56. The van der Waals surface area contributed by atoms with Crippen LogP contribution in [0.15, 0.2) is 20.0 Å². The summed E-state index contributed by atoms with van der Waals surface area (Å²) in [7, 11) is 0. The van der Waals surface area contributed by atoms with E-state index in [2.05, 4.69) is 25.3 Å². The minimum absolute atomic E-state index is 0.171. The molecule has 0 aromatic rings. The van der Waals surface area contributed by atoms with Gasteiger partial charge in [0.15, 0.2) is 30.1 Å². The maximum absolute atomic E-state index is 11.9. The second kappa shape index (κ2) is 10.3. The largest absolute Gasteiger partial charge is 0.463 e. The van der Waals surface area contributed by atoms with Crippen LogP contribution in [0.1, 0.15) is 27.7 Å². The number of carbonyl (C=O) groups is 4. The fourth-order valence-electron chi connectivity index (χ4n) is 3.38. The Hall–Kier alpha value is -3.68. The summed E-state index contributed by atoms with van der Waals surface area (Å²) in [4.78, 5) is 63.8. The van der Waals surface area contributed by atoms with Crippen LogP contribution in [0.3, 0.4) is 0 Å². The van der Waals surface area contributed by atoms with Gasteiger partial charge in [-0.15, -0.1) is 0 Å². The van der Waals surface area contributed by atoms with Crippen molar-refractivity contribution in [3.8, 4) is 0 Å². The number of rotatable bonds is 6. The molecule has 0 aromatic heterocycles. The lowest BCUT2D eigenvalue weighted by Crippen LogP contribution is -2.62. The molecule has 3 aliphatic rings. The molecule has 33 heavy (non-hydrogen) atoms. The van der Waals surface area contributed by atoms with Gasteiger partial charge in [0, 0.05) is 27.7 Å². The summed E-state index contributed by atoms with van der Waals surface area (Å²) >= 11 is 0. The summed E-state index contributed by atoms with van der Waals surface area (Å²) in [6.45, 7) is 4.28. The number of carbonyl (C=O) groups excluding carboxylic acids is 4. The van der Waals surface area contributed by atoms with Crippen molar-refractivity contribution >= 4 is 48.2 Å². The molecule has 1 saturated heterocycles. The molecule has 0 bridgehead atoms. The predicted octanol–water partition coefficient (Wildman–Crippen LogP) is -1.09. The topological polar surface area (TPSA) is 176 Å². The number of ether oxygens (including phenoxy) is 5. The van der Waals surface area contributed by atoms with E-state index in [1.54, 1.807) is 0 Å². The fraction of sp³-hybridized carbons (Fsp3) is 0.579. The Balaban J connectivity index is 2.04. The average molecular weight is 465 g/mol. The van der Waals surface area contributed by atoms with Crippen LogP contribution in [0.5, 0.6) is 0 Å². The van der Waals surface area contributed by atoms with E-state index in [0.717, 1.165) is 20.8 Å². The molecule has 0 amide bonds. The van der Waals surface area contributed by atoms with Crippen LogP contribution in [0.4, 0.5) is 0 Å². The van der Waals surface area contributed by atoms with Crippen molar-refractivity contribution in [1.82, 2.24) is 5.32 Å². The molecule has 0 saturated carbocycles. The Kier molecular flexibility index (Phi) is 7.48. The first-order chi connectivity index (χ1) is 15.7. The van der Waals surface area contributed by atoms with Gasteiger partial charge in [-0.25, -0.2) is 9.98 Å². The van der Waals surface area contributed by atoms with Crippen LogP contribution in [0.25, 0.3) is 0 Å². The molecule has 0 aromatic carbocycles. The van der Waals surface area contributed by atoms with Crippen LogP contribution >= 0.6 is 0 Å². The van der Waals surface area contributed by atoms with Gasteiger partial charge in [-0.05, 0) is 0 Å². The molecular weight excluding hydrogens is 442 g/mol. The lowest BCUT2D eigenvalue weighted by Gasteiger charge is -2.43. The zero-order valence-electron chi connectivity index (χ0n) is 18.3. The maximum atomic E-state index is 11.9. The Labute approximate surface area is 188 Å². The molecule has 3 aliphatic heterocycles. The van der Waals surface area contributed by atoms with E-state index < -0.39 is 60.6 Å². The lowest BCUT2D eigenvalue weighted by atomic mass is 9.96. The van der Waals surface area contributed by atoms with Crippen molar-refractivity contribution in [3.05, 3.63) is 0 Å². The van der Waals surface area contributed by atoms with Gasteiger partial charge in [0.05, 0.1) is 6.34 Å². The van der Waals surface area contributed by atoms with Gasteiger partial charge in [0.25, 0.3) is 0 Å². The number of amidine groups is 2. The molecule has 6 unspecified atom stereocenters. The van der Waals surface area contributed by atoms with Crippen molar-refractivity contribution in [2.45, 2.75) is 64.4 Å². The van der Waals surface area contributed by atoms with Gasteiger partial charge in [-0.2, -0.15) is 0 Å². The number of nitrogens with one attached hydrogen (secondary N) is 1. The third-order valence-electron chi connectivity index (χ3n) is 4.56. The Morgan fingerprint density at radius 2 is 1.67 bits per heavy atom. The van der Waals surface area contributed by atoms with Crippen LogP contribution < -0.4 is 5.32 Å². The summed E-state index contributed by atoms with van der Waals surface area (Å²) in [6.07, 6.45) is -2.34. The highest BCUT2D eigenvalue weighted by atomic mass is 16.7. The fourth-order valence-corrected chi connectivity index (χ4v) is 3.38. The Bertz CT molecular complexity index is 944. The van der Waals surface area contributed by atoms with Crippen molar-refractivity contribution in [1.29, 1.82) is 0 Å². The second-order valence-electron chi connectivity index (χ2n) is 7.16. The molecule has 178 valence electrons. The Morgan fingerprint density at radius 3 is 2.30 bits per heavy atom. The van der Waals surface area contributed by atoms with Crippen molar-refractivity contribution in [2.24, 2.45) is 20.0 Å². The molecule has 1 N–H and O–H groups in total. The van der Waals surface area contributed by atoms with Gasteiger partial charge in [-0.1, -0.05) is 0 Å². The molecule has 0 spiro atoms. The number of hydrogen-bond donors (Lipinski definition) is 1. The van der Waals surface area contributed by atoms with E-state index in [-0.39, 0.29) is 12.4 Å². The summed E-state index contributed by atoms with van der Waals surface area (Å²) in [5.41, 5.74) is 0. The van der Waals surface area contributed by atoms with Gasteiger partial charge < -0.3 is 29.0 Å². The van der Waals surface area contributed by atoms with Crippen LogP contribution in [-0.4, -0.2) is 91.5 Å². The van der Waals surface area contributed by atoms with E-state index in [0.29, 0.717) is 5.84 Å². The molecule has 0 radical (unpaired) electrons. The van der Waals surface area contributed by atoms with Crippen LogP contribution in [-0.2, 0) is 42.9 Å². The highest BCUT2D eigenvalue weighted by Gasteiger charge is 2.52. The van der Waals surface area contributed by atoms with E-state index in [1.807, 2.05) is 0 Å². The summed E-state index contributed by atoms with van der Waals surface area (Å²) in [6, 6.07) is -1.85. The van der Waals surface area contributed by atoms with E-state index in [4.69, 9.17) is 23.7 Å². The molecule has 14 nitrogen and oxygen atoms in total. The van der Waals surface area contributed by atoms with Gasteiger partial charge >= 0.3 is 23.9 Å². The van der Waals surface area contributed by atoms with E-state index in [9.17, 15) is 19.2 Å². The first-order valence-electron chi connectivity index (χ1n) is 9.92. The van der Waals surface area contributed by atoms with Gasteiger partial charge in [-0.3, -0.25) is 29.2 Å². The minimum Gasteiger partial charge on any atom is -0.463 e. The first kappa shape index (κ1) is 24.0. The highest BCUT2D eigenvalue weighted by molar-refractivity contribution is 6.21. The monoisotopic (exact) mass is 465 g/mol. The molecule has 3 heterocycles. The number of nitrogens with zero attached hydrogens (tertiary/aromatic N) is 4. The SMILES string of the molecule is CC(=O)OCC1OC(OC(C)=O)C(N=C2N=CNC3=NC=NC23)C(OC(C)=O)C1OC(C)=O. The standard InChI is InChI=1S/C19H23N5O9/c1-8(25)29-5-12-15(30-9(2)26)16(31-10(3)27)13(19(33-12)32-11(4)28)24-18-14-17(21-6-20-14)22-7-23-18/h6-7,12-16,19H,5H2,1-4H3,(H,20,21,22,23,24). The normalized spacial score (nSPS) is 31.2. The van der Waals surface area contributed by atoms with E-state index >= 15 is 0 Å². The molecular formula is C19H23N5O9. The first-order valence-corrected chi connectivity index (χ1v) is 9.92. The predicted molar refractivity (Wildman–Crippen MR) is 111 cm³/mol. The van der Waals surface area contributed by atoms with Crippen LogP contribution in [0, 0.1) is 0 Å². The quantitative estimate of drug-likeness (QED) is 0.374. The summed E-state index contributed by atoms with van der Waals surface area (Å²) in [5.74, 6) is -2.11. The zero-order chi connectivity index (χ0) is 24.1. The lowest BCUT2D eigenvalue weighted by molar-refractivity contribution is -0.266. The minimum atomic E-state index is -1.39. The number of esters is 4. The summed E-state index contributed by atoms with van der Waals surface area (Å²) in [5, 5.41) is 2.84. The van der Waals surface area contributed by atoms with Gasteiger partial charge in [0.2, 0.25) is 6.29 Å². The molecule has 0 aliphatic carbocycles. The van der Waals surface area contributed by atoms with E-state index in [1.165, 1.54) is 19.6 Å². The van der Waals surface area contributed by atoms with Crippen LogP contribution in [0.2, 0.25) is 0 Å². The molecule has 6 atom stereocenters. The summed E-state index contributed by atoms with van der Waals surface area (Å²) < 4.78 is 26.9. The number of fused-ring (bicyclic) bond motifs is 1. The third kappa shape index (κ3) is 5.97. The zero-order valence-corrected chi connectivity index (χ0v) is 18.3. The molecule has 1 fully saturated rings. The Morgan fingerprint density at radius 1 is 1.00 bits per heavy atom. The highest BCUT2D eigenvalue weighted by Crippen LogP contribution is 2.30. The van der Waals surface area contributed by atoms with Crippen molar-refractivity contribution in [3.63, 3.8) is 0 Å². The maximum Gasteiger partial charge on any atom is 0.305 e. The molecule has 3 rings (SSSR count). The number of aliphatic imine (C=N–C) groups is 4. The average Bonchev–Trinajstić information content (AvgIpc) is 3.19. The second-order valence-corrected chi connectivity index (χ2v) is 7.16. The van der Waals surface area contributed by atoms with Crippen molar-refractivity contribution in [2.75, 3.05) is 6.61 Å². The van der Waals surface area contributed by atoms with Crippen molar-refractivity contribution < 1.29 is 42.9 Å². The molecule has 14 heteroatoms. The smallest absolute Gasteiger partial charge is 0.305 e. The number of hydrogen-bond acceptors (Lipinski definition) is 13. The van der Waals surface area contributed by atoms with Gasteiger partial charge in [0.1, 0.15) is 24.9 Å².